The van der Waals surface area contributed by atoms with Crippen molar-refractivity contribution in [1.29, 1.82) is 0 Å². The number of hydrogen-bond donors (Lipinski definition) is 1. The SMILES string of the molecule is CC(C)Oc1ccc(COc2ccc3c(c2)CCC(CN2CC(C(=O)O)C2)=C3Cl)c(C(F)(F)F)c1. The number of likely N-dealkylation sites (tertiary alicyclic amines) is 1. The standard InChI is InChI=1S/C26H27ClF3NO4/c1-15(2)35-21-6-5-18(23(10-21)26(28,29)30)14-34-20-7-8-22-16(9-20)3-4-17(24(22)27)11-31-12-19(13-31)25(32)33/h5-10,15,19H,3-4,11-14H2,1-2H3,(H,32,33). The lowest BCUT2D eigenvalue weighted by molar-refractivity contribution is -0.147. The number of aliphatic carboxylic acids is 1. The van der Waals surface area contributed by atoms with Gasteiger partial charge in [-0.15, -0.1) is 0 Å². The molecule has 188 valence electrons. The van der Waals surface area contributed by atoms with Crippen LogP contribution in [0.15, 0.2) is 42.0 Å². The Morgan fingerprint density at radius 1 is 1.14 bits per heavy atom. The molecule has 0 atom stereocenters. The number of carboxylic acid groups (broad SMARTS) is 1. The van der Waals surface area contributed by atoms with Crippen molar-refractivity contribution in [1.82, 2.24) is 4.90 Å². The van der Waals surface area contributed by atoms with Gasteiger partial charge in [-0.3, -0.25) is 9.69 Å². The Morgan fingerprint density at radius 3 is 2.51 bits per heavy atom. The van der Waals surface area contributed by atoms with Crippen molar-refractivity contribution in [2.75, 3.05) is 19.6 Å². The Labute approximate surface area is 207 Å². The largest absolute Gasteiger partial charge is 0.491 e. The van der Waals surface area contributed by atoms with Crippen molar-refractivity contribution in [2.45, 2.75) is 45.6 Å². The first kappa shape index (κ1) is 25.4. The maximum absolute atomic E-state index is 13.6. The molecule has 0 bridgehead atoms. The van der Waals surface area contributed by atoms with Gasteiger partial charge in [0.2, 0.25) is 0 Å². The number of carbonyl (C=O) groups is 1. The highest BCUT2D eigenvalue weighted by Crippen LogP contribution is 2.38. The van der Waals surface area contributed by atoms with Gasteiger partial charge in [0.15, 0.2) is 0 Å². The molecule has 0 aromatic heterocycles. The Bertz CT molecular complexity index is 1140. The number of fused-ring (bicyclic) bond motifs is 1. The molecule has 0 unspecified atom stereocenters. The average Bonchev–Trinajstić information content (AvgIpc) is 2.75. The van der Waals surface area contributed by atoms with E-state index in [2.05, 4.69) is 4.90 Å². The summed E-state index contributed by atoms with van der Waals surface area (Å²) in [4.78, 5) is 13.1. The minimum Gasteiger partial charge on any atom is -0.491 e. The monoisotopic (exact) mass is 509 g/mol. The van der Waals surface area contributed by atoms with Gasteiger partial charge in [-0.2, -0.15) is 13.2 Å². The fraction of sp³-hybridized carbons (Fsp3) is 0.423. The van der Waals surface area contributed by atoms with E-state index in [-0.39, 0.29) is 29.9 Å². The lowest BCUT2D eigenvalue weighted by atomic mass is 9.90. The van der Waals surface area contributed by atoms with Gasteiger partial charge < -0.3 is 14.6 Å². The molecule has 35 heavy (non-hydrogen) atoms. The quantitative estimate of drug-likeness (QED) is 0.474. The lowest BCUT2D eigenvalue weighted by Gasteiger charge is -2.38. The number of nitrogens with zero attached hydrogens (tertiary/aromatic N) is 1. The number of hydrogen-bond acceptors (Lipinski definition) is 4. The minimum atomic E-state index is -4.53. The molecule has 1 saturated heterocycles. The zero-order chi connectivity index (χ0) is 25.3. The van der Waals surface area contributed by atoms with E-state index in [1.54, 1.807) is 19.9 Å². The lowest BCUT2D eigenvalue weighted by Crippen LogP contribution is -2.50. The predicted molar refractivity (Wildman–Crippen MR) is 127 cm³/mol. The molecular weight excluding hydrogens is 483 g/mol. The predicted octanol–water partition coefficient (Wildman–Crippen LogP) is 5.98. The van der Waals surface area contributed by atoms with Gasteiger partial charge in [-0.05, 0) is 73.7 Å². The molecule has 1 fully saturated rings. The topological polar surface area (TPSA) is 59.0 Å². The third kappa shape index (κ3) is 5.93. The van der Waals surface area contributed by atoms with Crippen LogP contribution in [0.5, 0.6) is 11.5 Å². The van der Waals surface area contributed by atoms with Crippen LogP contribution >= 0.6 is 11.6 Å². The van der Waals surface area contributed by atoms with Crippen molar-refractivity contribution >= 4 is 22.6 Å². The highest BCUT2D eigenvalue weighted by molar-refractivity contribution is 6.49. The summed E-state index contributed by atoms with van der Waals surface area (Å²) in [7, 11) is 0. The van der Waals surface area contributed by atoms with Gasteiger partial charge >= 0.3 is 12.1 Å². The Morgan fingerprint density at radius 2 is 1.86 bits per heavy atom. The third-order valence-electron chi connectivity index (χ3n) is 6.19. The Balaban J connectivity index is 1.45. The number of aryl methyl sites for hydroxylation is 1. The molecule has 9 heteroatoms. The zero-order valence-corrected chi connectivity index (χ0v) is 20.2. The van der Waals surface area contributed by atoms with E-state index in [1.165, 1.54) is 12.1 Å². The van der Waals surface area contributed by atoms with Gasteiger partial charge in [0, 0.05) is 30.2 Å². The van der Waals surface area contributed by atoms with E-state index >= 15 is 0 Å². The van der Waals surface area contributed by atoms with Crippen LogP contribution in [0.2, 0.25) is 0 Å². The van der Waals surface area contributed by atoms with Crippen LogP contribution in [0.25, 0.3) is 5.03 Å². The number of rotatable bonds is 8. The second-order valence-electron chi connectivity index (χ2n) is 9.24. The normalized spacial score (nSPS) is 16.8. The molecule has 1 aliphatic carbocycles. The number of halogens is 4. The van der Waals surface area contributed by atoms with Crippen LogP contribution in [-0.4, -0.2) is 41.7 Å². The molecule has 5 nitrogen and oxygen atoms in total. The molecule has 2 aromatic rings. The van der Waals surface area contributed by atoms with Crippen LogP contribution in [0.1, 0.15) is 42.5 Å². The van der Waals surface area contributed by atoms with Crippen molar-refractivity contribution in [3.8, 4) is 11.5 Å². The minimum absolute atomic E-state index is 0.0285. The summed E-state index contributed by atoms with van der Waals surface area (Å²) < 4.78 is 52.0. The third-order valence-corrected chi connectivity index (χ3v) is 6.66. The first-order chi connectivity index (χ1) is 16.5. The summed E-state index contributed by atoms with van der Waals surface area (Å²) in [6.07, 6.45) is -3.30. The summed E-state index contributed by atoms with van der Waals surface area (Å²) in [5.74, 6) is -0.454. The van der Waals surface area contributed by atoms with Gasteiger partial charge in [0.05, 0.1) is 17.6 Å². The molecule has 2 aromatic carbocycles. The Hall–Kier alpha value is -2.71. The van der Waals surface area contributed by atoms with Crippen molar-refractivity contribution in [2.24, 2.45) is 5.92 Å². The molecule has 0 spiro atoms. The Kier molecular flexibility index (Phi) is 7.33. The maximum Gasteiger partial charge on any atom is 0.416 e. The molecule has 0 amide bonds. The molecule has 1 heterocycles. The second kappa shape index (κ2) is 10.1. The summed E-state index contributed by atoms with van der Waals surface area (Å²) in [5.41, 5.74) is 2.16. The van der Waals surface area contributed by atoms with Crippen LogP contribution in [0, 0.1) is 5.92 Å². The second-order valence-corrected chi connectivity index (χ2v) is 9.62. The smallest absolute Gasteiger partial charge is 0.416 e. The van der Waals surface area contributed by atoms with E-state index in [0.717, 1.165) is 35.6 Å². The van der Waals surface area contributed by atoms with Crippen LogP contribution in [-0.2, 0) is 24.0 Å². The van der Waals surface area contributed by atoms with E-state index < -0.39 is 17.7 Å². The number of carboxylic acids is 1. The summed E-state index contributed by atoms with van der Waals surface area (Å²) >= 11 is 6.64. The van der Waals surface area contributed by atoms with Crippen molar-refractivity contribution in [3.05, 3.63) is 64.2 Å². The fourth-order valence-corrected chi connectivity index (χ4v) is 4.73. The van der Waals surface area contributed by atoms with Crippen LogP contribution < -0.4 is 9.47 Å². The van der Waals surface area contributed by atoms with Gasteiger partial charge in [0.25, 0.3) is 0 Å². The molecule has 4 rings (SSSR count). The summed E-state index contributed by atoms with van der Waals surface area (Å²) in [6, 6.07) is 9.26. The van der Waals surface area contributed by atoms with Gasteiger partial charge in [-0.25, -0.2) is 0 Å². The van der Waals surface area contributed by atoms with Gasteiger partial charge in [-0.1, -0.05) is 17.7 Å². The molecule has 0 radical (unpaired) electrons. The first-order valence-corrected chi connectivity index (χ1v) is 11.8. The van der Waals surface area contributed by atoms with Crippen LogP contribution in [0.3, 0.4) is 0 Å². The molecule has 1 aliphatic heterocycles. The molecule has 0 saturated carbocycles. The van der Waals surface area contributed by atoms with E-state index in [9.17, 15) is 18.0 Å². The van der Waals surface area contributed by atoms with Crippen molar-refractivity contribution in [3.63, 3.8) is 0 Å². The van der Waals surface area contributed by atoms with E-state index in [4.69, 9.17) is 26.2 Å². The first-order valence-electron chi connectivity index (χ1n) is 11.5. The molecular formula is C26H27ClF3NO4. The van der Waals surface area contributed by atoms with Gasteiger partial charge in [0.1, 0.15) is 18.1 Å². The molecule has 2 aliphatic rings. The average molecular weight is 510 g/mol. The number of ether oxygens (including phenoxy) is 2. The van der Waals surface area contributed by atoms with E-state index in [1.807, 2.05) is 12.1 Å². The zero-order valence-electron chi connectivity index (χ0n) is 19.5. The summed E-state index contributed by atoms with van der Waals surface area (Å²) in [6.45, 7) is 4.95. The van der Waals surface area contributed by atoms with Crippen LogP contribution in [0.4, 0.5) is 13.2 Å². The number of benzene rings is 2. The maximum atomic E-state index is 13.6. The highest BCUT2D eigenvalue weighted by atomic mass is 35.5. The van der Waals surface area contributed by atoms with E-state index in [0.29, 0.717) is 30.4 Å². The highest BCUT2D eigenvalue weighted by Gasteiger charge is 2.35. The molecule has 1 N–H and O–H groups in total. The summed E-state index contributed by atoms with van der Waals surface area (Å²) in [5, 5.41) is 9.69. The number of alkyl halides is 3. The fourth-order valence-electron chi connectivity index (χ4n) is 4.39. The van der Waals surface area contributed by atoms with Crippen molar-refractivity contribution < 1.29 is 32.5 Å².